The number of unbranched alkanes of at least 4 members (excludes halogenated alkanes) is 1. The number of esters is 8. The number of nitrogens with one attached hydrogen (secondary N) is 1. The molecule has 0 heterocycles. The van der Waals surface area contributed by atoms with Gasteiger partial charge in [-0.25, -0.2) is 24.0 Å². The van der Waals surface area contributed by atoms with Gasteiger partial charge < -0.3 is 43.2 Å². The molecule has 0 bridgehead atoms. The zero-order chi connectivity index (χ0) is 47.9. The molecule has 10 atom stereocenters. The number of ether oxygens (including phenoxy) is 8. The van der Waals surface area contributed by atoms with Gasteiger partial charge in [0.25, 0.3) is 0 Å². The third kappa shape index (κ3) is 20.0. The van der Waals surface area contributed by atoms with Crippen LogP contribution in [0, 0.1) is 11.8 Å². The fourth-order valence-corrected chi connectivity index (χ4v) is 6.62. The Kier molecular flexibility index (Phi) is 23.5. The SMILES string of the molecule is CCNC(=O)CCC/C=C\C[C@@H]1[C@@H](/C=C/[C@H](CCc2ccccc2)OC(=O)[C@H](C)OC(C)=O)[C@H](OC(=O)[C@H](C)OC(C)=O)C[C@@H]1OC(=O)[C@H](C)OC(=O)[C@H](C)OC(=O)[C@H](C)OC(C)=O. The summed E-state index contributed by atoms with van der Waals surface area (Å²) in [4.78, 5) is 112. The molecule has 1 fully saturated rings. The summed E-state index contributed by atoms with van der Waals surface area (Å²) in [7, 11) is 0. The molecule has 1 aromatic rings. The lowest BCUT2D eigenvalue weighted by molar-refractivity contribution is -0.183. The monoisotopic (exact) mass is 901 g/mol. The molecule has 0 aliphatic heterocycles. The Morgan fingerprint density at radius 2 is 1.12 bits per heavy atom. The molecule has 18 nitrogen and oxygen atoms in total. The van der Waals surface area contributed by atoms with Crippen molar-refractivity contribution in [1.29, 1.82) is 0 Å². The van der Waals surface area contributed by atoms with E-state index >= 15 is 0 Å². The zero-order valence-electron chi connectivity index (χ0n) is 38.1. The molecule has 1 aliphatic rings. The van der Waals surface area contributed by atoms with Crippen LogP contribution in [0.2, 0.25) is 0 Å². The maximum Gasteiger partial charge on any atom is 0.347 e. The van der Waals surface area contributed by atoms with Gasteiger partial charge in [0, 0.05) is 52.0 Å². The molecule has 2 rings (SSSR count). The molecule has 1 aromatic carbocycles. The highest BCUT2D eigenvalue weighted by molar-refractivity contribution is 5.84. The molecule has 1 saturated carbocycles. The van der Waals surface area contributed by atoms with E-state index in [2.05, 4.69) is 5.32 Å². The standard InChI is InChI=1S/C46H63NO17/c1-10-47-41(51)21-17-12-11-16-20-37-38(25-24-36(23-22-35-18-14-13-15-19-35)62-44(54)28(3)58-33(8)49)40(64-45(55)29(4)59-34(9)50)26-39(37)63-46(56)31(6)61-43(53)30(5)60-42(52)27(2)57-32(7)48/h11,13-16,18-19,24-25,27-31,36-40H,10,12,17,20-23,26H2,1-9H3,(H,47,51)/b16-11-,25-24+/t27-,28-,29-,30-,31-,36-,37+,38+,39-,40+/m0/s1. The summed E-state index contributed by atoms with van der Waals surface area (Å²) in [5.41, 5.74) is 0.957. The van der Waals surface area contributed by atoms with Crippen LogP contribution in [0.3, 0.4) is 0 Å². The number of aryl methyl sites for hydroxylation is 1. The first-order valence-electron chi connectivity index (χ1n) is 21.4. The molecule has 0 aromatic heterocycles. The van der Waals surface area contributed by atoms with E-state index in [9.17, 15) is 43.2 Å². The first-order valence-corrected chi connectivity index (χ1v) is 21.4. The highest BCUT2D eigenvalue weighted by Gasteiger charge is 2.47. The summed E-state index contributed by atoms with van der Waals surface area (Å²) in [5, 5.41) is 2.75. The van der Waals surface area contributed by atoms with Gasteiger partial charge in [-0.2, -0.15) is 0 Å². The number of hydrogen-bond acceptors (Lipinski definition) is 17. The minimum absolute atomic E-state index is 0.0599. The Labute approximate surface area is 374 Å². The molecule has 18 heteroatoms. The number of amides is 1. The number of allylic oxidation sites excluding steroid dienone is 2. The first-order chi connectivity index (χ1) is 30.2. The van der Waals surface area contributed by atoms with Crippen molar-refractivity contribution in [2.45, 2.75) is 156 Å². The van der Waals surface area contributed by atoms with Gasteiger partial charge in [0.15, 0.2) is 30.5 Å². The summed E-state index contributed by atoms with van der Waals surface area (Å²) in [6, 6.07) is 9.43. The summed E-state index contributed by atoms with van der Waals surface area (Å²) >= 11 is 0. The van der Waals surface area contributed by atoms with E-state index in [-0.39, 0.29) is 18.7 Å². The van der Waals surface area contributed by atoms with Crippen molar-refractivity contribution in [3.63, 3.8) is 0 Å². The van der Waals surface area contributed by atoms with E-state index in [0.717, 1.165) is 19.4 Å². The largest absolute Gasteiger partial charge is 0.459 e. The Balaban J connectivity index is 2.51. The molecule has 0 saturated heterocycles. The third-order valence-electron chi connectivity index (χ3n) is 9.77. The number of hydrogen-bond donors (Lipinski definition) is 1. The molecular weight excluding hydrogens is 838 g/mol. The molecule has 64 heavy (non-hydrogen) atoms. The van der Waals surface area contributed by atoms with Crippen molar-refractivity contribution in [1.82, 2.24) is 5.32 Å². The van der Waals surface area contributed by atoms with E-state index in [1.807, 2.05) is 49.4 Å². The minimum atomic E-state index is -1.51. The Bertz CT molecular complexity index is 1810. The van der Waals surface area contributed by atoms with Gasteiger partial charge in [-0.15, -0.1) is 0 Å². The maximum absolute atomic E-state index is 13.6. The summed E-state index contributed by atoms with van der Waals surface area (Å²) in [5.74, 6) is -8.28. The van der Waals surface area contributed by atoms with Crippen LogP contribution in [-0.4, -0.2) is 109 Å². The highest BCUT2D eigenvalue weighted by atomic mass is 16.6. The van der Waals surface area contributed by atoms with Crippen LogP contribution in [0.1, 0.15) is 106 Å². The predicted molar refractivity (Wildman–Crippen MR) is 226 cm³/mol. The van der Waals surface area contributed by atoms with E-state index < -0.39 is 108 Å². The second-order valence-corrected chi connectivity index (χ2v) is 15.3. The molecule has 1 amide bonds. The summed E-state index contributed by atoms with van der Waals surface area (Å²) in [6.45, 7) is 12.2. The Morgan fingerprint density at radius 3 is 1.66 bits per heavy atom. The van der Waals surface area contributed by atoms with Gasteiger partial charge in [0.1, 0.15) is 18.3 Å². The zero-order valence-corrected chi connectivity index (χ0v) is 38.1. The average Bonchev–Trinajstić information content (AvgIpc) is 3.53. The van der Waals surface area contributed by atoms with Crippen molar-refractivity contribution >= 4 is 53.7 Å². The van der Waals surface area contributed by atoms with E-state index in [4.69, 9.17) is 37.9 Å². The second-order valence-electron chi connectivity index (χ2n) is 15.3. The van der Waals surface area contributed by atoms with Crippen LogP contribution < -0.4 is 5.32 Å². The van der Waals surface area contributed by atoms with E-state index in [1.54, 1.807) is 12.2 Å². The lowest BCUT2D eigenvalue weighted by Gasteiger charge is -2.25. The highest BCUT2D eigenvalue weighted by Crippen LogP contribution is 2.41. The molecular formula is C46H63NO17. The molecule has 1 N–H and O–H groups in total. The smallest absolute Gasteiger partial charge is 0.347 e. The van der Waals surface area contributed by atoms with Gasteiger partial charge >= 0.3 is 47.8 Å². The van der Waals surface area contributed by atoms with E-state index in [0.29, 0.717) is 38.6 Å². The molecule has 1 aliphatic carbocycles. The van der Waals surface area contributed by atoms with Crippen LogP contribution in [0.15, 0.2) is 54.6 Å². The van der Waals surface area contributed by atoms with Crippen molar-refractivity contribution in [2.75, 3.05) is 6.54 Å². The molecule has 0 radical (unpaired) electrons. The van der Waals surface area contributed by atoms with Gasteiger partial charge in [0.05, 0.1) is 0 Å². The van der Waals surface area contributed by atoms with Crippen LogP contribution in [-0.2, 0) is 87.5 Å². The van der Waals surface area contributed by atoms with Gasteiger partial charge in [0.2, 0.25) is 5.91 Å². The molecule has 354 valence electrons. The van der Waals surface area contributed by atoms with Gasteiger partial charge in [-0.1, -0.05) is 48.6 Å². The number of rotatable bonds is 25. The normalized spacial score (nSPS) is 19.8. The van der Waals surface area contributed by atoms with Crippen LogP contribution in [0.25, 0.3) is 0 Å². The van der Waals surface area contributed by atoms with Gasteiger partial charge in [-0.3, -0.25) is 19.2 Å². The van der Waals surface area contributed by atoms with Crippen LogP contribution in [0.4, 0.5) is 0 Å². The minimum Gasteiger partial charge on any atom is -0.459 e. The predicted octanol–water partition coefficient (Wildman–Crippen LogP) is 4.52. The lowest BCUT2D eigenvalue weighted by Crippen LogP contribution is -2.37. The van der Waals surface area contributed by atoms with E-state index in [1.165, 1.54) is 41.5 Å². The number of benzene rings is 1. The molecule has 0 spiro atoms. The first kappa shape index (κ1) is 54.1. The fraction of sp³-hybridized carbons (Fsp3) is 0.587. The second kappa shape index (κ2) is 27.9. The van der Waals surface area contributed by atoms with Gasteiger partial charge in [-0.05, 0) is 85.3 Å². The average molecular weight is 902 g/mol. The summed E-state index contributed by atoms with van der Waals surface area (Å²) in [6.07, 6.45) is -0.205. The fourth-order valence-electron chi connectivity index (χ4n) is 6.62. The quantitative estimate of drug-likeness (QED) is 0.0614. The number of carbonyl (C=O) groups is 9. The third-order valence-corrected chi connectivity index (χ3v) is 9.77. The number of carbonyl (C=O) groups excluding carboxylic acids is 9. The van der Waals surface area contributed by atoms with Crippen LogP contribution in [0.5, 0.6) is 0 Å². The Morgan fingerprint density at radius 1 is 0.641 bits per heavy atom. The topological polar surface area (TPSA) is 239 Å². The maximum atomic E-state index is 13.6. The van der Waals surface area contributed by atoms with Crippen molar-refractivity contribution in [3.05, 3.63) is 60.2 Å². The van der Waals surface area contributed by atoms with Crippen LogP contribution >= 0.6 is 0 Å². The summed E-state index contributed by atoms with van der Waals surface area (Å²) < 4.78 is 42.9. The van der Waals surface area contributed by atoms with Crippen molar-refractivity contribution < 1.29 is 81.0 Å². The Hall–Kier alpha value is -6.07. The van der Waals surface area contributed by atoms with Crippen molar-refractivity contribution in [2.24, 2.45) is 11.8 Å². The molecule has 0 unspecified atom stereocenters. The van der Waals surface area contributed by atoms with Crippen molar-refractivity contribution in [3.8, 4) is 0 Å². The lowest BCUT2D eigenvalue weighted by atomic mass is 9.89.